The van der Waals surface area contributed by atoms with Crippen molar-refractivity contribution >= 4 is 0 Å². The van der Waals surface area contributed by atoms with Crippen molar-refractivity contribution in [3.05, 3.63) is 17.7 Å². The second kappa shape index (κ2) is 3.47. The second-order valence-electron chi connectivity index (χ2n) is 3.50. The standard InChI is InChI=1S/C9H15N3O/c1-11-7-10-8-6-12(4-5-13)3-2-9(8)11/h7,13H,2-6H2,1H3. The highest BCUT2D eigenvalue weighted by Gasteiger charge is 2.18. The Bertz CT molecular complexity index is 295. The number of aliphatic hydroxyl groups excluding tert-OH is 1. The van der Waals surface area contributed by atoms with E-state index in [2.05, 4.69) is 14.5 Å². The van der Waals surface area contributed by atoms with E-state index in [-0.39, 0.29) is 6.61 Å². The van der Waals surface area contributed by atoms with Crippen LogP contribution in [0.25, 0.3) is 0 Å². The van der Waals surface area contributed by atoms with Crippen LogP contribution in [-0.2, 0) is 20.0 Å². The largest absolute Gasteiger partial charge is 0.395 e. The summed E-state index contributed by atoms with van der Waals surface area (Å²) in [6, 6.07) is 0. The number of aromatic nitrogens is 2. The SMILES string of the molecule is Cn1cnc2c1CCN(CCO)C2. The molecule has 0 aromatic carbocycles. The van der Waals surface area contributed by atoms with Crippen molar-refractivity contribution in [3.8, 4) is 0 Å². The maximum absolute atomic E-state index is 8.80. The minimum Gasteiger partial charge on any atom is -0.395 e. The predicted octanol–water partition coefficient (Wildman–Crippen LogP) is -0.230. The normalized spacial score (nSPS) is 17.4. The van der Waals surface area contributed by atoms with Crippen LogP contribution < -0.4 is 0 Å². The molecule has 0 atom stereocenters. The van der Waals surface area contributed by atoms with Gasteiger partial charge in [0.25, 0.3) is 0 Å². The summed E-state index contributed by atoms with van der Waals surface area (Å²) in [4.78, 5) is 6.56. The Morgan fingerprint density at radius 3 is 3.23 bits per heavy atom. The van der Waals surface area contributed by atoms with Crippen molar-refractivity contribution in [1.29, 1.82) is 0 Å². The molecule has 0 bridgehead atoms. The van der Waals surface area contributed by atoms with Crippen molar-refractivity contribution in [2.45, 2.75) is 13.0 Å². The van der Waals surface area contributed by atoms with Gasteiger partial charge in [-0.2, -0.15) is 0 Å². The smallest absolute Gasteiger partial charge is 0.0949 e. The van der Waals surface area contributed by atoms with Crippen LogP contribution in [0.1, 0.15) is 11.4 Å². The molecule has 13 heavy (non-hydrogen) atoms. The summed E-state index contributed by atoms with van der Waals surface area (Å²) < 4.78 is 2.09. The van der Waals surface area contributed by atoms with E-state index < -0.39 is 0 Å². The number of rotatable bonds is 2. The third kappa shape index (κ3) is 1.59. The van der Waals surface area contributed by atoms with Gasteiger partial charge in [-0.25, -0.2) is 4.98 Å². The van der Waals surface area contributed by atoms with Crippen LogP contribution in [-0.4, -0.2) is 39.3 Å². The summed E-state index contributed by atoms with van der Waals surface area (Å²) in [5.41, 5.74) is 2.51. The molecule has 0 fully saturated rings. The van der Waals surface area contributed by atoms with E-state index in [4.69, 9.17) is 5.11 Å². The highest BCUT2D eigenvalue weighted by Crippen LogP contribution is 2.15. The molecule has 1 aromatic heterocycles. The fourth-order valence-electron chi connectivity index (χ4n) is 1.84. The molecule has 0 radical (unpaired) electrons. The Hall–Kier alpha value is -0.870. The molecular weight excluding hydrogens is 166 g/mol. The van der Waals surface area contributed by atoms with E-state index in [0.717, 1.165) is 26.1 Å². The van der Waals surface area contributed by atoms with E-state index in [0.29, 0.717) is 0 Å². The molecular formula is C9H15N3O. The minimum atomic E-state index is 0.238. The number of aryl methyl sites for hydroxylation is 1. The number of fused-ring (bicyclic) bond motifs is 1. The van der Waals surface area contributed by atoms with E-state index in [9.17, 15) is 0 Å². The summed E-state index contributed by atoms with van der Waals surface area (Å²) in [6.45, 7) is 2.92. The van der Waals surface area contributed by atoms with Crippen molar-refractivity contribution in [2.75, 3.05) is 19.7 Å². The topological polar surface area (TPSA) is 41.3 Å². The van der Waals surface area contributed by atoms with Gasteiger partial charge in [-0.15, -0.1) is 0 Å². The molecule has 0 saturated heterocycles. The Morgan fingerprint density at radius 2 is 2.46 bits per heavy atom. The van der Waals surface area contributed by atoms with E-state index >= 15 is 0 Å². The summed E-state index contributed by atoms with van der Waals surface area (Å²) in [5.74, 6) is 0. The van der Waals surface area contributed by atoms with Crippen molar-refractivity contribution in [1.82, 2.24) is 14.5 Å². The first-order valence-electron chi connectivity index (χ1n) is 4.63. The minimum absolute atomic E-state index is 0.238. The lowest BCUT2D eigenvalue weighted by Crippen LogP contribution is -2.33. The Balaban J connectivity index is 2.11. The predicted molar refractivity (Wildman–Crippen MR) is 49.3 cm³/mol. The number of hydrogen-bond donors (Lipinski definition) is 1. The van der Waals surface area contributed by atoms with Gasteiger partial charge in [0.2, 0.25) is 0 Å². The maximum Gasteiger partial charge on any atom is 0.0949 e. The molecule has 0 spiro atoms. The molecule has 1 N–H and O–H groups in total. The summed E-state index contributed by atoms with van der Waals surface area (Å²) >= 11 is 0. The van der Waals surface area contributed by atoms with Gasteiger partial charge in [0.15, 0.2) is 0 Å². The van der Waals surface area contributed by atoms with Crippen molar-refractivity contribution in [2.24, 2.45) is 7.05 Å². The Labute approximate surface area is 77.8 Å². The average molecular weight is 181 g/mol. The van der Waals surface area contributed by atoms with Crippen LogP contribution in [0.15, 0.2) is 6.33 Å². The molecule has 2 heterocycles. The lowest BCUT2D eigenvalue weighted by molar-refractivity contribution is 0.182. The van der Waals surface area contributed by atoms with Crippen molar-refractivity contribution < 1.29 is 5.11 Å². The lowest BCUT2D eigenvalue weighted by atomic mass is 10.1. The van der Waals surface area contributed by atoms with Gasteiger partial charge in [0.1, 0.15) is 0 Å². The first kappa shape index (κ1) is 8.72. The summed E-state index contributed by atoms with van der Waals surface area (Å²) in [6.07, 6.45) is 2.92. The van der Waals surface area contributed by atoms with Gasteiger partial charge in [-0.1, -0.05) is 0 Å². The van der Waals surface area contributed by atoms with Crippen LogP contribution in [0.5, 0.6) is 0 Å². The fourth-order valence-corrected chi connectivity index (χ4v) is 1.84. The van der Waals surface area contributed by atoms with Gasteiger partial charge in [0.05, 0.1) is 18.6 Å². The number of imidazole rings is 1. The zero-order valence-corrected chi connectivity index (χ0v) is 7.90. The monoisotopic (exact) mass is 181 g/mol. The molecule has 0 aliphatic carbocycles. The Kier molecular flexibility index (Phi) is 2.33. The number of hydrogen-bond acceptors (Lipinski definition) is 3. The number of nitrogens with zero attached hydrogens (tertiary/aromatic N) is 3. The van der Waals surface area contributed by atoms with Crippen molar-refractivity contribution in [3.63, 3.8) is 0 Å². The third-order valence-corrected chi connectivity index (χ3v) is 2.60. The molecule has 72 valence electrons. The molecule has 1 aliphatic rings. The Morgan fingerprint density at radius 1 is 1.62 bits per heavy atom. The molecule has 4 nitrogen and oxygen atoms in total. The molecule has 1 aromatic rings. The maximum atomic E-state index is 8.80. The molecule has 0 saturated carbocycles. The quantitative estimate of drug-likeness (QED) is 0.685. The van der Waals surface area contributed by atoms with Gasteiger partial charge in [-0.3, -0.25) is 4.90 Å². The fraction of sp³-hybridized carbons (Fsp3) is 0.667. The van der Waals surface area contributed by atoms with E-state index in [1.807, 2.05) is 13.4 Å². The van der Waals surface area contributed by atoms with Crippen LogP contribution in [0.3, 0.4) is 0 Å². The first-order valence-corrected chi connectivity index (χ1v) is 4.63. The van der Waals surface area contributed by atoms with Gasteiger partial charge in [0, 0.05) is 38.8 Å². The zero-order chi connectivity index (χ0) is 9.26. The first-order chi connectivity index (χ1) is 6.31. The average Bonchev–Trinajstić information content (AvgIpc) is 2.48. The van der Waals surface area contributed by atoms with Crippen LogP contribution in [0.4, 0.5) is 0 Å². The zero-order valence-electron chi connectivity index (χ0n) is 7.90. The second-order valence-corrected chi connectivity index (χ2v) is 3.50. The van der Waals surface area contributed by atoms with Gasteiger partial charge in [-0.05, 0) is 0 Å². The summed E-state index contributed by atoms with van der Waals surface area (Å²) in [7, 11) is 2.04. The number of β-amino-alcohol motifs (C(OH)–C–C–N with tert-alkyl or cyclic N) is 1. The van der Waals surface area contributed by atoms with E-state index in [1.54, 1.807) is 0 Å². The van der Waals surface area contributed by atoms with Gasteiger partial charge < -0.3 is 9.67 Å². The number of aliphatic hydroxyl groups is 1. The summed E-state index contributed by atoms with van der Waals surface area (Å²) in [5, 5.41) is 8.80. The van der Waals surface area contributed by atoms with Crippen LogP contribution in [0, 0.1) is 0 Å². The lowest BCUT2D eigenvalue weighted by Gasteiger charge is -2.25. The third-order valence-electron chi connectivity index (χ3n) is 2.60. The molecule has 0 unspecified atom stereocenters. The molecule has 1 aliphatic heterocycles. The molecule has 0 amide bonds. The highest BCUT2D eigenvalue weighted by atomic mass is 16.3. The van der Waals surface area contributed by atoms with Crippen LogP contribution >= 0.6 is 0 Å². The van der Waals surface area contributed by atoms with E-state index in [1.165, 1.54) is 11.4 Å². The van der Waals surface area contributed by atoms with Crippen LogP contribution in [0.2, 0.25) is 0 Å². The molecule has 2 rings (SSSR count). The van der Waals surface area contributed by atoms with Gasteiger partial charge >= 0.3 is 0 Å². The molecule has 4 heteroatoms. The highest BCUT2D eigenvalue weighted by molar-refractivity contribution is 5.15.